The smallest absolute Gasteiger partial charge is 0.216 e. The maximum Gasteiger partial charge on any atom is 0.270 e. The van der Waals surface area contributed by atoms with Crippen LogP contribution in [0.1, 0.15) is 5.69 Å². The first-order valence-electron chi connectivity index (χ1n) is 2.86. The van der Waals surface area contributed by atoms with E-state index in [0.717, 1.165) is 5.69 Å². The van der Waals surface area contributed by atoms with Gasteiger partial charge in [0.1, 0.15) is 6.33 Å². The molecule has 2 rings (SSSR count). The zero-order valence-corrected chi connectivity index (χ0v) is 5.39. The summed E-state index contributed by atoms with van der Waals surface area (Å²) in [6.45, 7) is 1.86. The molecule has 2 aromatic heterocycles. The predicted molar refractivity (Wildman–Crippen MR) is 33.3 cm³/mol. The molecule has 0 saturated heterocycles. The fourth-order valence-electron chi connectivity index (χ4n) is 0.712. The monoisotopic (exact) mass is 135 g/mol. The van der Waals surface area contributed by atoms with Crippen LogP contribution in [0, 0.1) is 6.92 Å². The van der Waals surface area contributed by atoms with Gasteiger partial charge in [0.15, 0.2) is 0 Å². The van der Waals surface area contributed by atoms with Crippen LogP contribution < -0.4 is 0 Å². The van der Waals surface area contributed by atoms with E-state index in [1.54, 1.807) is 6.20 Å². The van der Waals surface area contributed by atoms with Crippen LogP contribution in [0.2, 0.25) is 0 Å². The van der Waals surface area contributed by atoms with Gasteiger partial charge in [0, 0.05) is 0 Å². The van der Waals surface area contributed by atoms with Gasteiger partial charge in [0.25, 0.3) is 5.78 Å². The number of hydrogen-bond acceptors (Lipinski definition) is 4. The van der Waals surface area contributed by atoms with Crippen molar-refractivity contribution in [2.75, 3.05) is 0 Å². The highest BCUT2D eigenvalue weighted by atomic mass is 15.5. The van der Waals surface area contributed by atoms with Crippen LogP contribution in [0.5, 0.6) is 0 Å². The first-order valence-corrected chi connectivity index (χ1v) is 2.86. The molecule has 0 amide bonds. The highest BCUT2D eigenvalue weighted by molar-refractivity contribution is 5.20. The number of rotatable bonds is 0. The molecule has 5 heteroatoms. The third-order valence-corrected chi connectivity index (χ3v) is 1.13. The van der Waals surface area contributed by atoms with E-state index in [9.17, 15) is 0 Å². The quantitative estimate of drug-likeness (QED) is 0.503. The van der Waals surface area contributed by atoms with Crippen molar-refractivity contribution in [2.24, 2.45) is 0 Å². The van der Waals surface area contributed by atoms with Crippen LogP contribution in [0.3, 0.4) is 0 Å². The Hall–Kier alpha value is -1.52. The van der Waals surface area contributed by atoms with Crippen LogP contribution in [0.25, 0.3) is 5.78 Å². The normalized spacial score (nSPS) is 10.5. The second-order valence-electron chi connectivity index (χ2n) is 1.95. The summed E-state index contributed by atoms with van der Waals surface area (Å²) >= 11 is 0. The van der Waals surface area contributed by atoms with E-state index in [1.807, 2.05) is 6.92 Å². The minimum absolute atomic E-state index is 0.533. The maximum atomic E-state index is 4.02. The predicted octanol–water partition coefficient (Wildman–Crippen LogP) is -0.172. The number of nitrogens with zero attached hydrogens (tertiary/aromatic N) is 5. The molecule has 0 bridgehead atoms. The van der Waals surface area contributed by atoms with E-state index >= 15 is 0 Å². The minimum atomic E-state index is 0.533. The van der Waals surface area contributed by atoms with E-state index in [-0.39, 0.29) is 0 Å². The molecule has 10 heavy (non-hydrogen) atoms. The molecular formula is C5H5N5. The third kappa shape index (κ3) is 0.637. The van der Waals surface area contributed by atoms with Crippen molar-refractivity contribution < 1.29 is 0 Å². The maximum absolute atomic E-state index is 4.02. The van der Waals surface area contributed by atoms with Crippen LogP contribution in [0.4, 0.5) is 0 Å². The van der Waals surface area contributed by atoms with Crippen molar-refractivity contribution in [3.63, 3.8) is 0 Å². The molecule has 0 aliphatic rings. The van der Waals surface area contributed by atoms with Gasteiger partial charge in [0.05, 0.1) is 11.9 Å². The average Bonchev–Trinajstić information content (AvgIpc) is 2.33. The van der Waals surface area contributed by atoms with Crippen molar-refractivity contribution in [3.05, 3.63) is 18.2 Å². The molecule has 0 fully saturated rings. The van der Waals surface area contributed by atoms with Gasteiger partial charge >= 0.3 is 0 Å². The van der Waals surface area contributed by atoms with Gasteiger partial charge in [-0.2, -0.15) is 10.1 Å². The summed E-state index contributed by atoms with van der Waals surface area (Å²) in [6.07, 6.45) is 3.08. The second kappa shape index (κ2) is 1.73. The standard InChI is InChI=1S/C5H5N5/c1-4-2-6-5-7-3-8-10(5)9-4/h2-3H,1H3. The lowest BCUT2D eigenvalue weighted by Gasteiger charge is -1.88. The Morgan fingerprint density at radius 1 is 1.40 bits per heavy atom. The molecule has 0 N–H and O–H groups in total. The lowest BCUT2D eigenvalue weighted by atomic mass is 10.6. The van der Waals surface area contributed by atoms with Crippen molar-refractivity contribution in [2.45, 2.75) is 6.92 Å². The first-order chi connectivity index (χ1) is 4.86. The zero-order valence-electron chi connectivity index (χ0n) is 5.39. The van der Waals surface area contributed by atoms with E-state index in [4.69, 9.17) is 0 Å². The Kier molecular flexibility index (Phi) is 0.913. The summed E-state index contributed by atoms with van der Waals surface area (Å²) in [5, 5.41) is 7.83. The molecule has 0 aromatic carbocycles. The molecule has 2 aromatic rings. The molecule has 50 valence electrons. The van der Waals surface area contributed by atoms with Gasteiger partial charge in [-0.3, -0.25) is 0 Å². The Balaban J connectivity index is 2.86. The second-order valence-corrected chi connectivity index (χ2v) is 1.95. The minimum Gasteiger partial charge on any atom is -0.216 e. The van der Waals surface area contributed by atoms with Crippen molar-refractivity contribution in [1.82, 2.24) is 24.8 Å². The van der Waals surface area contributed by atoms with Gasteiger partial charge in [-0.05, 0) is 6.92 Å². The summed E-state index contributed by atoms with van der Waals surface area (Å²) in [6, 6.07) is 0. The van der Waals surface area contributed by atoms with E-state index in [0.29, 0.717) is 5.78 Å². The summed E-state index contributed by atoms with van der Waals surface area (Å²) in [7, 11) is 0. The molecule has 0 spiro atoms. The van der Waals surface area contributed by atoms with Gasteiger partial charge < -0.3 is 0 Å². The first kappa shape index (κ1) is 5.28. The molecule has 0 saturated carbocycles. The third-order valence-electron chi connectivity index (χ3n) is 1.13. The lowest BCUT2D eigenvalue weighted by Crippen LogP contribution is -1.97. The Bertz CT molecular complexity index is 352. The van der Waals surface area contributed by atoms with Crippen LogP contribution in [-0.2, 0) is 0 Å². The Labute approximate surface area is 56.7 Å². The number of aryl methyl sites for hydroxylation is 1. The molecule has 0 aliphatic heterocycles. The van der Waals surface area contributed by atoms with Crippen molar-refractivity contribution in [1.29, 1.82) is 0 Å². The molecule has 0 atom stereocenters. The summed E-state index contributed by atoms with van der Waals surface area (Å²) in [4.78, 5) is 7.81. The fourth-order valence-corrected chi connectivity index (χ4v) is 0.712. The van der Waals surface area contributed by atoms with Gasteiger partial charge in [-0.1, -0.05) is 0 Å². The van der Waals surface area contributed by atoms with Gasteiger partial charge in [-0.25, -0.2) is 4.98 Å². The molecule has 5 nitrogen and oxygen atoms in total. The van der Waals surface area contributed by atoms with E-state index < -0.39 is 0 Å². The SMILES string of the molecule is Cc1cnc2ncnn2n1. The van der Waals surface area contributed by atoms with Crippen LogP contribution in [0.15, 0.2) is 12.5 Å². The Morgan fingerprint density at radius 2 is 2.30 bits per heavy atom. The van der Waals surface area contributed by atoms with Crippen LogP contribution in [-0.4, -0.2) is 24.8 Å². The highest BCUT2D eigenvalue weighted by Gasteiger charge is 1.94. The van der Waals surface area contributed by atoms with E-state index in [1.165, 1.54) is 11.0 Å². The Morgan fingerprint density at radius 3 is 3.20 bits per heavy atom. The fraction of sp³-hybridized carbons (Fsp3) is 0.200. The van der Waals surface area contributed by atoms with Crippen LogP contribution >= 0.6 is 0 Å². The largest absolute Gasteiger partial charge is 0.270 e. The van der Waals surface area contributed by atoms with Crippen molar-refractivity contribution in [3.8, 4) is 0 Å². The topological polar surface area (TPSA) is 56.0 Å². The van der Waals surface area contributed by atoms with Gasteiger partial charge in [-0.15, -0.1) is 9.73 Å². The van der Waals surface area contributed by atoms with E-state index in [2.05, 4.69) is 20.2 Å². The summed E-state index contributed by atoms with van der Waals surface area (Å²) in [5.74, 6) is 0.533. The number of fused-ring (bicyclic) bond motifs is 1. The molecule has 0 aliphatic carbocycles. The molecule has 2 heterocycles. The zero-order chi connectivity index (χ0) is 6.97. The average molecular weight is 135 g/mol. The molecule has 0 radical (unpaired) electrons. The van der Waals surface area contributed by atoms with Gasteiger partial charge in [0.2, 0.25) is 0 Å². The lowest BCUT2D eigenvalue weighted by molar-refractivity contribution is 0.762. The highest BCUT2D eigenvalue weighted by Crippen LogP contribution is 1.90. The number of hydrogen-bond donors (Lipinski definition) is 0. The molecule has 0 unspecified atom stereocenters. The number of aromatic nitrogens is 5. The summed E-state index contributed by atoms with van der Waals surface area (Å²) in [5.41, 5.74) is 0.831. The summed E-state index contributed by atoms with van der Waals surface area (Å²) < 4.78 is 1.40. The van der Waals surface area contributed by atoms with Crippen molar-refractivity contribution >= 4 is 5.78 Å². The molecular weight excluding hydrogens is 130 g/mol.